The number of nitrogens with one attached hydrogen (secondary N) is 1. The van der Waals surface area contributed by atoms with Crippen LogP contribution in [0.25, 0.3) is 0 Å². The maximum atomic E-state index is 11.9. The fraction of sp³-hybridized carbons (Fsp3) is 0.308. The minimum absolute atomic E-state index is 0.130. The molecule has 20 heavy (non-hydrogen) atoms. The molecular formula is C13H15N3O3S. The van der Waals surface area contributed by atoms with Crippen LogP contribution in [0.1, 0.15) is 31.7 Å². The lowest BCUT2D eigenvalue weighted by Crippen LogP contribution is -2.21. The summed E-state index contributed by atoms with van der Waals surface area (Å²) in [6, 6.07) is 3.31. The van der Waals surface area contributed by atoms with E-state index in [1.165, 1.54) is 4.90 Å². The Labute approximate surface area is 120 Å². The van der Waals surface area contributed by atoms with Gasteiger partial charge in [-0.25, -0.2) is 4.98 Å². The lowest BCUT2D eigenvalue weighted by Gasteiger charge is -2.07. The van der Waals surface area contributed by atoms with Gasteiger partial charge in [0.05, 0.1) is 5.69 Å². The highest BCUT2D eigenvalue weighted by Crippen LogP contribution is 2.24. The number of carbonyl (C=O) groups excluding carboxylic acids is 2. The van der Waals surface area contributed by atoms with E-state index in [9.17, 15) is 9.59 Å². The van der Waals surface area contributed by atoms with Crippen molar-refractivity contribution in [3.8, 4) is 0 Å². The van der Waals surface area contributed by atoms with Crippen LogP contribution in [0.15, 0.2) is 16.5 Å². The number of carbonyl (C=O) groups is 2. The van der Waals surface area contributed by atoms with Crippen molar-refractivity contribution in [1.29, 1.82) is 0 Å². The van der Waals surface area contributed by atoms with Crippen molar-refractivity contribution in [2.24, 2.45) is 0 Å². The van der Waals surface area contributed by atoms with Gasteiger partial charge in [-0.2, -0.15) is 0 Å². The maximum absolute atomic E-state index is 11.9. The predicted molar refractivity (Wildman–Crippen MR) is 76.3 cm³/mol. The van der Waals surface area contributed by atoms with E-state index in [1.54, 1.807) is 40.1 Å². The van der Waals surface area contributed by atoms with Gasteiger partial charge >= 0.3 is 0 Å². The first-order valence-electron chi connectivity index (χ1n) is 5.95. The Morgan fingerprint density at radius 2 is 2.00 bits per heavy atom. The van der Waals surface area contributed by atoms with E-state index in [4.69, 9.17) is 4.42 Å². The summed E-state index contributed by atoms with van der Waals surface area (Å²) >= 11 is 1.15. The average Bonchev–Trinajstić information content (AvgIpc) is 2.94. The van der Waals surface area contributed by atoms with Crippen LogP contribution in [0.2, 0.25) is 0 Å². The monoisotopic (exact) mass is 293 g/mol. The second-order valence-electron chi connectivity index (χ2n) is 4.50. The second-order valence-corrected chi connectivity index (χ2v) is 5.50. The van der Waals surface area contributed by atoms with Crippen molar-refractivity contribution in [1.82, 2.24) is 9.88 Å². The molecule has 2 aromatic rings. The molecule has 106 valence electrons. The highest BCUT2D eigenvalue weighted by Gasteiger charge is 2.19. The Morgan fingerprint density at radius 1 is 1.30 bits per heavy atom. The van der Waals surface area contributed by atoms with E-state index < -0.39 is 0 Å². The molecule has 0 atom stereocenters. The van der Waals surface area contributed by atoms with Crippen molar-refractivity contribution in [3.05, 3.63) is 34.2 Å². The summed E-state index contributed by atoms with van der Waals surface area (Å²) in [7, 11) is 3.34. The molecule has 0 bridgehead atoms. The standard InChI is InChI=1S/C13H15N3O3S/c1-7-5-6-9(19-7)11(17)15-13-14-8(2)10(20-13)12(18)16(3)4/h5-6H,1-4H3,(H,14,15,17). The highest BCUT2D eigenvalue weighted by molar-refractivity contribution is 7.17. The van der Waals surface area contributed by atoms with Gasteiger partial charge in [-0.05, 0) is 26.0 Å². The zero-order valence-electron chi connectivity index (χ0n) is 11.7. The summed E-state index contributed by atoms with van der Waals surface area (Å²) in [5, 5.41) is 3.01. The number of amides is 2. The predicted octanol–water partition coefficient (Wildman–Crippen LogP) is 2.31. The Hall–Kier alpha value is -2.15. The summed E-state index contributed by atoms with van der Waals surface area (Å²) in [5.74, 6) is 0.370. The van der Waals surface area contributed by atoms with Gasteiger partial charge in [0.15, 0.2) is 10.9 Å². The van der Waals surface area contributed by atoms with Crippen LogP contribution in [0, 0.1) is 13.8 Å². The summed E-state index contributed by atoms with van der Waals surface area (Å²) in [6.45, 7) is 3.50. The third-order valence-corrected chi connectivity index (χ3v) is 3.64. The number of furan rings is 1. The number of nitrogens with zero attached hydrogens (tertiary/aromatic N) is 2. The Kier molecular flexibility index (Phi) is 3.89. The quantitative estimate of drug-likeness (QED) is 0.942. The van der Waals surface area contributed by atoms with E-state index >= 15 is 0 Å². The van der Waals surface area contributed by atoms with E-state index in [0.717, 1.165) is 11.3 Å². The van der Waals surface area contributed by atoms with Crippen molar-refractivity contribution in [3.63, 3.8) is 0 Å². The van der Waals surface area contributed by atoms with Crippen LogP contribution >= 0.6 is 11.3 Å². The van der Waals surface area contributed by atoms with Crippen molar-refractivity contribution < 1.29 is 14.0 Å². The number of hydrogen-bond donors (Lipinski definition) is 1. The molecule has 2 rings (SSSR count). The SMILES string of the molecule is Cc1ccc(C(=O)Nc2nc(C)c(C(=O)N(C)C)s2)o1. The molecule has 0 spiro atoms. The number of thiazole rings is 1. The topological polar surface area (TPSA) is 75.4 Å². The molecule has 7 heteroatoms. The molecule has 0 aliphatic carbocycles. The van der Waals surface area contributed by atoms with Gasteiger partial charge in [-0.1, -0.05) is 11.3 Å². The number of hydrogen-bond acceptors (Lipinski definition) is 5. The minimum atomic E-state index is -0.379. The molecule has 0 aromatic carbocycles. The molecule has 2 amide bonds. The van der Waals surface area contributed by atoms with Crippen LogP contribution in [0.5, 0.6) is 0 Å². The number of rotatable bonds is 3. The molecule has 0 fully saturated rings. The summed E-state index contributed by atoms with van der Waals surface area (Å²) < 4.78 is 5.23. The normalized spacial score (nSPS) is 10.4. The van der Waals surface area contributed by atoms with Crippen LogP contribution in [-0.4, -0.2) is 35.8 Å². The molecular weight excluding hydrogens is 278 g/mol. The van der Waals surface area contributed by atoms with Crippen molar-refractivity contribution >= 4 is 28.3 Å². The Bertz CT molecular complexity index is 658. The summed E-state index contributed by atoms with van der Waals surface area (Å²) in [6.07, 6.45) is 0. The number of aryl methyl sites for hydroxylation is 2. The molecule has 0 aliphatic rings. The van der Waals surface area contributed by atoms with Gasteiger partial charge in [0.1, 0.15) is 10.6 Å². The second kappa shape index (κ2) is 5.46. The molecule has 2 heterocycles. The molecule has 0 radical (unpaired) electrons. The van der Waals surface area contributed by atoms with Crippen LogP contribution < -0.4 is 5.32 Å². The van der Waals surface area contributed by atoms with Gasteiger partial charge in [0, 0.05) is 14.1 Å². The van der Waals surface area contributed by atoms with Crippen LogP contribution in [-0.2, 0) is 0 Å². The molecule has 6 nitrogen and oxygen atoms in total. The van der Waals surface area contributed by atoms with E-state index in [1.807, 2.05) is 0 Å². The van der Waals surface area contributed by atoms with Gasteiger partial charge in [-0.15, -0.1) is 0 Å². The molecule has 0 saturated heterocycles. The number of aromatic nitrogens is 1. The zero-order valence-corrected chi connectivity index (χ0v) is 12.5. The van der Waals surface area contributed by atoms with Crippen molar-refractivity contribution in [2.45, 2.75) is 13.8 Å². The van der Waals surface area contributed by atoms with Gasteiger partial charge in [0.2, 0.25) is 0 Å². The smallest absolute Gasteiger partial charge is 0.293 e. The third-order valence-electron chi connectivity index (χ3n) is 2.58. The van der Waals surface area contributed by atoms with Gasteiger partial charge in [-0.3, -0.25) is 14.9 Å². The van der Waals surface area contributed by atoms with Crippen molar-refractivity contribution in [2.75, 3.05) is 19.4 Å². The maximum Gasteiger partial charge on any atom is 0.293 e. The fourth-order valence-corrected chi connectivity index (χ4v) is 2.55. The molecule has 2 aromatic heterocycles. The third kappa shape index (κ3) is 2.88. The summed E-state index contributed by atoms with van der Waals surface area (Å²) in [4.78, 5) is 30.0. The number of anilines is 1. The zero-order chi connectivity index (χ0) is 14.9. The molecule has 0 aliphatic heterocycles. The van der Waals surface area contributed by atoms with Gasteiger partial charge in [0.25, 0.3) is 11.8 Å². The van der Waals surface area contributed by atoms with E-state index in [-0.39, 0.29) is 17.6 Å². The molecule has 0 unspecified atom stereocenters. The van der Waals surface area contributed by atoms with Crippen LogP contribution in [0.4, 0.5) is 5.13 Å². The first kappa shape index (κ1) is 14.3. The van der Waals surface area contributed by atoms with Crippen LogP contribution in [0.3, 0.4) is 0 Å². The Morgan fingerprint density at radius 3 is 2.55 bits per heavy atom. The molecule has 1 N–H and O–H groups in total. The minimum Gasteiger partial charge on any atom is -0.456 e. The summed E-state index contributed by atoms with van der Waals surface area (Å²) in [5.41, 5.74) is 0.597. The Balaban J connectivity index is 2.17. The lowest BCUT2D eigenvalue weighted by atomic mass is 10.3. The largest absolute Gasteiger partial charge is 0.456 e. The van der Waals surface area contributed by atoms with Gasteiger partial charge < -0.3 is 9.32 Å². The first-order chi connectivity index (χ1) is 9.38. The molecule has 0 saturated carbocycles. The lowest BCUT2D eigenvalue weighted by molar-refractivity contribution is 0.0831. The average molecular weight is 293 g/mol. The van der Waals surface area contributed by atoms with E-state index in [0.29, 0.717) is 21.5 Å². The van der Waals surface area contributed by atoms with E-state index in [2.05, 4.69) is 10.3 Å². The highest BCUT2D eigenvalue weighted by atomic mass is 32.1. The first-order valence-corrected chi connectivity index (χ1v) is 6.77. The fourth-order valence-electron chi connectivity index (χ4n) is 1.57.